The third kappa shape index (κ3) is 2.51. The Morgan fingerprint density at radius 2 is 1.40 bits per heavy atom. The third-order valence-corrected chi connectivity index (χ3v) is 9.35. The lowest BCUT2D eigenvalue weighted by molar-refractivity contribution is 1.44. The minimum Gasteiger partial charge on any atom is -0.369 e. The molecule has 2 aromatic heterocycles. The number of H-pyrrole nitrogens is 2. The first-order chi connectivity index (χ1) is 7.27. The molecule has 0 amide bonds. The molecule has 2 rings (SSSR count). The lowest BCUT2D eigenvalue weighted by Gasteiger charge is -2.12. The van der Waals surface area contributed by atoms with Crippen molar-refractivity contribution in [3.63, 3.8) is 0 Å². The van der Waals surface area contributed by atoms with Crippen LogP contribution in [0.25, 0.3) is 0 Å². The van der Waals surface area contributed by atoms with E-state index in [4.69, 9.17) is 0 Å². The summed E-state index contributed by atoms with van der Waals surface area (Å²) in [7, 11) is -0.758. The Balaban J connectivity index is 1.98. The number of rotatable bonds is 4. The summed E-state index contributed by atoms with van der Waals surface area (Å²) in [4.78, 5) is 6.68. The third-order valence-electron chi connectivity index (χ3n) is 2.65. The van der Waals surface area contributed by atoms with Crippen molar-refractivity contribution in [2.75, 3.05) is 0 Å². The molecule has 0 aliphatic heterocycles. The summed E-state index contributed by atoms with van der Waals surface area (Å²) in [6, 6.07) is 8.64. The summed E-state index contributed by atoms with van der Waals surface area (Å²) in [5.41, 5.74) is 1.37. The van der Waals surface area contributed by atoms with E-state index in [9.17, 15) is 0 Å². The smallest absolute Gasteiger partial charge is 0.102 e. The molecule has 0 aliphatic carbocycles. The van der Waals surface area contributed by atoms with Gasteiger partial charge in [-0.3, -0.25) is 0 Å². The van der Waals surface area contributed by atoms with Crippen LogP contribution in [0.4, 0.5) is 0 Å². The summed E-state index contributed by atoms with van der Waals surface area (Å²) in [5, 5.41) is 2.91. The number of hydrogen-bond donors (Lipinski definition) is 2. The van der Waals surface area contributed by atoms with Crippen LogP contribution in [-0.4, -0.2) is 27.6 Å². The first-order valence-corrected chi connectivity index (χ1v) is 9.61. The Labute approximate surface area is 94.0 Å². The zero-order valence-electron chi connectivity index (χ0n) is 9.17. The largest absolute Gasteiger partial charge is 0.369 e. The number of hydrogen-bond acceptors (Lipinski definition) is 0. The molecule has 78 valence electrons. The fraction of sp³-hybridized carbons (Fsp3) is 0.273. The summed E-state index contributed by atoms with van der Waals surface area (Å²) in [5.74, 6) is 0. The van der Waals surface area contributed by atoms with E-state index in [0.717, 1.165) is 0 Å². The van der Waals surface area contributed by atoms with Crippen LogP contribution in [0, 0.1) is 0 Å². The normalized spacial score (nSPS) is 11.5. The molecule has 0 fully saturated rings. The molecule has 0 aliphatic rings. The van der Waals surface area contributed by atoms with E-state index < -0.39 is 0 Å². The molecule has 2 radical (unpaired) electrons. The maximum Gasteiger partial charge on any atom is 0.102 e. The zero-order chi connectivity index (χ0) is 10.7. The van der Waals surface area contributed by atoms with Crippen molar-refractivity contribution in [1.82, 2.24) is 9.97 Å². The Hall–Kier alpha value is -1.01. The van der Waals surface area contributed by atoms with Crippen molar-refractivity contribution in [2.24, 2.45) is 0 Å². The van der Waals surface area contributed by atoms with E-state index in [1.807, 2.05) is 12.4 Å². The van der Waals surface area contributed by atoms with Gasteiger partial charge in [-0.2, -0.15) is 0 Å². The van der Waals surface area contributed by atoms with Gasteiger partial charge in [0.2, 0.25) is 0 Å². The molecule has 4 heteroatoms. The molecule has 2 heterocycles. The fourth-order valence-corrected chi connectivity index (χ4v) is 7.91. The van der Waals surface area contributed by atoms with E-state index in [2.05, 4.69) is 47.3 Å². The van der Waals surface area contributed by atoms with Gasteiger partial charge < -0.3 is 9.97 Å². The molecule has 2 N–H and O–H groups in total. The molecule has 0 unspecified atom stereocenters. The van der Waals surface area contributed by atoms with E-state index in [-0.39, 0.29) is 17.6 Å². The van der Waals surface area contributed by atoms with E-state index in [0.29, 0.717) is 0 Å². The standard InChI is InChI=1S/C11H16N2Si2/c1-14(10-5-3-7-12-10)9-15(2)11-6-4-8-13-11/h3-8,12-13H,9H2,1-2H3. The van der Waals surface area contributed by atoms with Gasteiger partial charge in [0.15, 0.2) is 0 Å². The Kier molecular flexibility index (Phi) is 3.28. The van der Waals surface area contributed by atoms with Gasteiger partial charge >= 0.3 is 0 Å². The van der Waals surface area contributed by atoms with Gasteiger partial charge in [0.25, 0.3) is 0 Å². The van der Waals surface area contributed by atoms with Crippen LogP contribution < -0.4 is 10.6 Å². The highest BCUT2D eigenvalue weighted by Gasteiger charge is 2.16. The molecule has 0 bridgehead atoms. The minimum atomic E-state index is -0.379. The number of nitrogens with one attached hydrogen (secondary N) is 2. The predicted octanol–water partition coefficient (Wildman–Crippen LogP) is 1.25. The molecule has 2 aromatic rings. The maximum absolute atomic E-state index is 3.34. The molecule has 0 aromatic carbocycles. The quantitative estimate of drug-likeness (QED) is 0.744. The Bertz CT molecular complexity index is 342. The van der Waals surface area contributed by atoms with Crippen molar-refractivity contribution in [3.8, 4) is 0 Å². The zero-order valence-corrected chi connectivity index (χ0v) is 11.2. The molecule has 2 nitrogen and oxygen atoms in total. The lowest BCUT2D eigenvalue weighted by atomic mass is 10.7. The van der Waals surface area contributed by atoms with E-state index in [1.54, 1.807) is 0 Å². The van der Waals surface area contributed by atoms with Gasteiger partial charge in [-0.15, -0.1) is 0 Å². The van der Waals surface area contributed by atoms with Crippen molar-refractivity contribution < 1.29 is 0 Å². The molecule has 0 saturated carbocycles. The van der Waals surface area contributed by atoms with Crippen LogP contribution in [0.15, 0.2) is 36.7 Å². The van der Waals surface area contributed by atoms with Crippen LogP contribution in [0.3, 0.4) is 0 Å². The second-order valence-corrected chi connectivity index (χ2v) is 9.52. The molecule has 0 saturated heterocycles. The van der Waals surface area contributed by atoms with Gasteiger partial charge in [0.1, 0.15) is 17.6 Å². The number of aromatic nitrogens is 2. The van der Waals surface area contributed by atoms with Crippen LogP contribution >= 0.6 is 0 Å². The van der Waals surface area contributed by atoms with Gasteiger partial charge in [0, 0.05) is 12.4 Å². The van der Waals surface area contributed by atoms with Crippen LogP contribution in [0.1, 0.15) is 0 Å². The van der Waals surface area contributed by atoms with Crippen LogP contribution in [-0.2, 0) is 0 Å². The highest BCUT2D eigenvalue weighted by atomic mass is 28.3. The van der Waals surface area contributed by atoms with Gasteiger partial charge in [-0.25, -0.2) is 0 Å². The van der Waals surface area contributed by atoms with Gasteiger partial charge in [-0.1, -0.05) is 18.8 Å². The lowest BCUT2D eigenvalue weighted by Crippen LogP contribution is -2.38. The highest BCUT2D eigenvalue weighted by Crippen LogP contribution is 1.98. The van der Waals surface area contributed by atoms with E-state index >= 15 is 0 Å². The van der Waals surface area contributed by atoms with Crippen LogP contribution in [0.5, 0.6) is 0 Å². The summed E-state index contributed by atoms with van der Waals surface area (Å²) in [6.45, 7) is 4.79. The molecular weight excluding hydrogens is 216 g/mol. The minimum absolute atomic E-state index is 0.379. The molecule has 0 atom stereocenters. The summed E-state index contributed by atoms with van der Waals surface area (Å²) < 4.78 is 0. The first-order valence-electron chi connectivity index (χ1n) is 5.20. The molecule has 15 heavy (non-hydrogen) atoms. The number of aromatic amines is 2. The second-order valence-electron chi connectivity index (χ2n) is 3.91. The maximum atomic E-state index is 3.34. The summed E-state index contributed by atoms with van der Waals surface area (Å²) in [6.07, 6.45) is 4.06. The summed E-state index contributed by atoms with van der Waals surface area (Å²) >= 11 is 0. The first kappa shape index (κ1) is 10.5. The van der Waals surface area contributed by atoms with Crippen molar-refractivity contribution >= 4 is 28.2 Å². The average Bonchev–Trinajstić information content (AvgIpc) is 2.91. The van der Waals surface area contributed by atoms with Crippen molar-refractivity contribution in [2.45, 2.75) is 18.8 Å². The average molecular weight is 232 g/mol. The van der Waals surface area contributed by atoms with Crippen molar-refractivity contribution in [1.29, 1.82) is 0 Å². The van der Waals surface area contributed by atoms with Gasteiger partial charge in [0.05, 0.1) is 0 Å². The predicted molar refractivity (Wildman–Crippen MR) is 68.9 cm³/mol. The Morgan fingerprint density at radius 1 is 0.933 bits per heavy atom. The Morgan fingerprint density at radius 3 is 1.73 bits per heavy atom. The van der Waals surface area contributed by atoms with Crippen LogP contribution in [0.2, 0.25) is 18.8 Å². The SMILES string of the molecule is C[Si](C[Si](C)c1ccc[nH]1)c1ccc[nH]1. The molecule has 0 spiro atoms. The second kappa shape index (κ2) is 4.68. The molecular formula is C11H16N2Si2. The topological polar surface area (TPSA) is 31.6 Å². The van der Waals surface area contributed by atoms with Gasteiger partial charge in [-0.05, 0) is 34.9 Å². The monoisotopic (exact) mass is 232 g/mol. The highest BCUT2D eigenvalue weighted by molar-refractivity contribution is 6.88. The fourth-order valence-electron chi connectivity index (χ4n) is 1.78. The van der Waals surface area contributed by atoms with Crippen molar-refractivity contribution in [3.05, 3.63) is 36.7 Å². The van der Waals surface area contributed by atoms with E-state index in [1.165, 1.54) is 16.3 Å².